The maximum atomic E-state index is 13.3. The molecule has 0 radical (unpaired) electrons. The summed E-state index contributed by atoms with van der Waals surface area (Å²) < 4.78 is 43.5. The van der Waals surface area contributed by atoms with Crippen LogP contribution in [0, 0.1) is 0 Å². The molecule has 0 aliphatic heterocycles. The van der Waals surface area contributed by atoms with Gasteiger partial charge in [-0.25, -0.2) is 13.2 Å². The molecule has 2 aromatic carbocycles. The predicted octanol–water partition coefficient (Wildman–Crippen LogP) is 3.45. The maximum absolute atomic E-state index is 13.3. The summed E-state index contributed by atoms with van der Waals surface area (Å²) in [6.45, 7) is -0.618. The second kappa shape index (κ2) is 11.3. The molecule has 2 aromatic rings. The molecule has 1 aliphatic rings. The molecular weight excluding hydrogens is 460 g/mol. The Labute approximate surface area is 200 Å². The summed E-state index contributed by atoms with van der Waals surface area (Å²) in [6.07, 6.45) is 4.71. The minimum Gasteiger partial charge on any atom is -0.496 e. The highest BCUT2D eigenvalue weighted by Crippen LogP contribution is 2.30. The number of hydrogen-bond acceptors (Lipinski definition) is 7. The Balaban J connectivity index is 1.71. The van der Waals surface area contributed by atoms with E-state index < -0.39 is 28.5 Å². The first-order valence-corrected chi connectivity index (χ1v) is 12.5. The first-order chi connectivity index (χ1) is 16.3. The highest BCUT2D eigenvalue weighted by molar-refractivity contribution is 7.89. The third kappa shape index (κ3) is 5.68. The van der Waals surface area contributed by atoms with Crippen molar-refractivity contribution in [2.45, 2.75) is 43.0 Å². The van der Waals surface area contributed by atoms with E-state index in [4.69, 9.17) is 14.2 Å². The third-order valence-electron chi connectivity index (χ3n) is 5.87. The molecule has 1 N–H and O–H groups in total. The number of nitrogens with one attached hydrogen (secondary N) is 1. The van der Waals surface area contributed by atoms with Crippen LogP contribution in [0.2, 0.25) is 0 Å². The fourth-order valence-electron chi connectivity index (χ4n) is 4.03. The molecule has 9 nitrogen and oxygen atoms in total. The molecule has 1 fully saturated rings. The highest BCUT2D eigenvalue weighted by atomic mass is 32.2. The van der Waals surface area contributed by atoms with E-state index in [0.717, 1.165) is 32.1 Å². The Morgan fingerprint density at radius 1 is 0.971 bits per heavy atom. The highest BCUT2D eigenvalue weighted by Gasteiger charge is 2.31. The number of ether oxygens (including phenoxy) is 3. The zero-order valence-corrected chi connectivity index (χ0v) is 20.4. The lowest BCUT2D eigenvalue weighted by Crippen LogP contribution is -2.38. The number of rotatable bonds is 9. The van der Waals surface area contributed by atoms with E-state index in [2.05, 4.69) is 5.32 Å². The number of carbonyl (C=O) groups is 2. The lowest BCUT2D eigenvalue weighted by atomic mass is 9.96. The van der Waals surface area contributed by atoms with Crippen molar-refractivity contribution in [3.63, 3.8) is 0 Å². The van der Waals surface area contributed by atoms with Gasteiger partial charge in [0.05, 0.1) is 19.9 Å². The van der Waals surface area contributed by atoms with Gasteiger partial charge in [0.2, 0.25) is 10.0 Å². The van der Waals surface area contributed by atoms with Gasteiger partial charge >= 0.3 is 5.97 Å². The SMILES string of the molecule is COc1cccc(OC)c1C(=O)OCC(=O)Nc1ccccc1S(=O)(=O)N(C)C1CCCCC1. The fraction of sp³-hybridized carbons (Fsp3) is 0.417. The molecule has 0 atom stereocenters. The van der Waals surface area contributed by atoms with Crippen LogP contribution in [0.25, 0.3) is 0 Å². The minimum absolute atomic E-state index is 0.00542. The number of para-hydroxylation sites is 1. The van der Waals surface area contributed by atoms with Crippen LogP contribution in [0.4, 0.5) is 5.69 Å². The Morgan fingerprint density at radius 3 is 2.21 bits per heavy atom. The first kappa shape index (κ1) is 25.5. The quantitative estimate of drug-likeness (QED) is 0.536. The predicted molar refractivity (Wildman–Crippen MR) is 127 cm³/mol. The van der Waals surface area contributed by atoms with Crippen LogP contribution in [-0.2, 0) is 19.6 Å². The van der Waals surface area contributed by atoms with Crippen LogP contribution in [0.15, 0.2) is 47.4 Å². The number of amides is 1. The van der Waals surface area contributed by atoms with E-state index in [9.17, 15) is 18.0 Å². The second-order valence-corrected chi connectivity index (χ2v) is 9.94. The summed E-state index contributed by atoms with van der Waals surface area (Å²) in [7, 11) is 0.552. The number of carbonyl (C=O) groups excluding carboxylic acids is 2. The third-order valence-corrected chi connectivity index (χ3v) is 7.84. The summed E-state index contributed by atoms with van der Waals surface area (Å²) in [5.41, 5.74) is 0.179. The zero-order valence-electron chi connectivity index (χ0n) is 19.6. The molecule has 184 valence electrons. The molecule has 1 aliphatic carbocycles. The average molecular weight is 491 g/mol. The topological polar surface area (TPSA) is 111 Å². The lowest BCUT2D eigenvalue weighted by molar-refractivity contribution is -0.119. The Hall–Kier alpha value is -3.11. The van der Waals surface area contributed by atoms with E-state index in [-0.39, 0.29) is 33.7 Å². The molecule has 0 heterocycles. The van der Waals surface area contributed by atoms with Crippen molar-refractivity contribution in [1.82, 2.24) is 4.31 Å². The average Bonchev–Trinajstić information content (AvgIpc) is 2.86. The first-order valence-electron chi connectivity index (χ1n) is 11.0. The molecule has 0 spiro atoms. The number of benzene rings is 2. The summed E-state index contributed by atoms with van der Waals surface area (Å²) in [5, 5.41) is 2.55. The zero-order chi connectivity index (χ0) is 24.7. The van der Waals surface area contributed by atoms with Gasteiger partial charge in [-0.3, -0.25) is 4.79 Å². The second-order valence-electron chi connectivity index (χ2n) is 7.97. The van der Waals surface area contributed by atoms with Crippen LogP contribution >= 0.6 is 0 Å². The van der Waals surface area contributed by atoms with Crippen LogP contribution in [0.3, 0.4) is 0 Å². The summed E-state index contributed by atoms with van der Waals surface area (Å²) in [4.78, 5) is 25.1. The van der Waals surface area contributed by atoms with Crippen molar-refractivity contribution in [3.05, 3.63) is 48.0 Å². The van der Waals surface area contributed by atoms with E-state index in [1.54, 1.807) is 37.4 Å². The van der Waals surface area contributed by atoms with Gasteiger partial charge in [0.15, 0.2) is 6.61 Å². The normalized spacial score (nSPS) is 14.5. The van der Waals surface area contributed by atoms with Gasteiger partial charge in [0.25, 0.3) is 5.91 Å². The van der Waals surface area contributed by atoms with Crippen molar-refractivity contribution in [2.75, 3.05) is 33.2 Å². The van der Waals surface area contributed by atoms with Crippen LogP contribution < -0.4 is 14.8 Å². The van der Waals surface area contributed by atoms with Gasteiger partial charge in [0, 0.05) is 13.1 Å². The van der Waals surface area contributed by atoms with Crippen molar-refractivity contribution >= 4 is 27.6 Å². The van der Waals surface area contributed by atoms with Crippen molar-refractivity contribution in [3.8, 4) is 11.5 Å². The number of nitrogens with zero attached hydrogens (tertiary/aromatic N) is 1. The molecule has 34 heavy (non-hydrogen) atoms. The van der Waals surface area contributed by atoms with Crippen LogP contribution in [0.5, 0.6) is 11.5 Å². The van der Waals surface area contributed by atoms with Gasteiger partial charge in [-0.1, -0.05) is 37.5 Å². The summed E-state index contributed by atoms with van der Waals surface area (Å²) in [6, 6.07) is 10.9. The minimum atomic E-state index is -3.83. The molecule has 0 aromatic heterocycles. The molecule has 10 heteroatoms. The molecule has 0 saturated heterocycles. The Bertz CT molecular complexity index is 1110. The van der Waals surface area contributed by atoms with E-state index in [1.165, 1.54) is 30.7 Å². The van der Waals surface area contributed by atoms with Crippen molar-refractivity contribution in [1.29, 1.82) is 0 Å². The van der Waals surface area contributed by atoms with Crippen molar-refractivity contribution < 1.29 is 32.2 Å². The van der Waals surface area contributed by atoms with Crippen LogP contribution in [-0.4, -0.2) is 58.5 Å². The van der Waals surface area contributed by atoms with Gasteiger partial charge < -0.3 is 19.5 Å². The molecule has 3 rings (SSSR count). The van der Waals surface area contributed by atoms with Crippen molar-refractivity contribution in [2.24, 2.45) is 0 Å². The van der Waals surface area contributed by atoms with Gasteiger partial charge in [-0.05, 0) is 37.1 Å². The number of anilines is 1. The number of hydrogen-bond donors (Lipinski definition) is 1. The van der Waals surface area contributed by atoms with Crippen LogP contribution in [0.1, 0.15) is 42.5 Å². The molecule has 1 amide bonds. The fourth-order valence-corrected chi connectivity index (χ4v) is 5.59. The Morgan fingerprint density at radius 2 is 1.59 bits per heavy atom. The monoisotopic (exact) mass is 490 g/mol. The number of sulfonamides is 1. The van der Waals surface area contributed by atoms with Gasteiger partial charge in [0.1, 0.15) is 22.0 Å². The number of methoxy groups -OCH3 is 2. The number of esters is 1. The van der Waals surface area contributed by atoms with E-state index in [1.807, 2.05) is 0 Å². The molecule has 0 bridgehead atoms. The Kier molecular flexibility index (Phi) is 8.51. The van der Waals surface area contributed by atoms with E-state index >= 15 is 0 Å². The lowest BCUT2D eigenvalue weighted by Gasteiger charge is -2.30. The smallest absolute Gasteiger partial charge is 0.346 e. The maximum Gasteiger partial charge on any atom is 0.346 e. The summed E-state index contributed by atoms with van der Waals surface area (Å²) in [5.74, 6) is -0.994. The molecular formula is C24H30N2O7S. The van der Waals surface area contributed by atoms with Gasteiger partial charge in [-0.15, -0.1) is 0 Å². The van der Waals surface area contributed by atoms with Gasteiger partial charge in [-0.2, -0.15) is 4.31 Å². The molecule has 0 unspecified atom stereocenters. The molecule has 1 saturated carbocycles. The largest absolute Gasteiger partial charge is 0.496 e. The standard InChI is InChI=1S/C24H30N2O7S/c1-26(17-10-5-4-6-11-17)34(29,30)21-15-8-7-12-18(21)25-22(27)16-33-24(28)23-19(31-2)13-9-14-20(23)32-3/h7-9,12-15,17H,4-6,10-11,16H2,1-3H3,(H,25,27). The van der Waals surface area contributed by atoms with E-state index in [0.29, 0.717) is 0 Å². The summed E-state index contributed by atoms with van der Waals surface area (Å²) >= 11 is 0.